The molecular formula is C24H25ClN6O. The van der Waals surface area contributed by atoms with Crippen molar-refractivity contribution in [2.45, 2.75) is 32.2 Å². The molecule has 7 nitrogen and oxygen atoms in total. The van der Waals surface area contributed by atoms with Gasteiger partial charge in [0.1, 0.15) is 24.2 Å². The van der Waals surface area contributed by atoms with Gasteiger partial charge >= 0.3 is 0 Å². The molecular weight excluding hydrogens is 424 g/mol. The normalized spacial score (nSPS) is 16.5. The Morgan fingerprint density at radius 1 is 1.22 bits per heavy atom. The molecule has 2 aliphatic rings. The van der Waals surface area contributed by atoms with Crippen LogP contribution in [0.4, 0.5) is 23.0 Å². The van der Waals surface area contributed by atoms with Gasteiger partial charge in [0.15, 0.2) is 0 Å². The van der Waals surface area contributed by atoms with Crippen molar-refractivity contribution in [2.24, 2.45) is 0 Å². The van der Waals surface area contributed by atoms with E-state index in [0.29, 0.717) is 18.1 Å². The number of hydrogen-bond donors (Lipinski definition) is 1. The predicted molar refractivity (Wildman–Crippen MR) is 127 cm³/mol. The number of hydrogen-bond acceptors (Lipinski definition) is 7. The summed E-state index contributed by atoms with van der Waals surface area (Å²) in [7, 11) is 0. The van der Waals surface area contributed by atoms with Gasteiger partial charge < -0.3 is 19.9 Å². The van der Waals surface area contributed by atoms with Crippen LogP contribution in [0.3, 0.4) is 0 Å². The minimum absolute atomic E-state index is 0.00735. The van der Waals surface area contributed by atoms with E-state index in [1.165, 1.54) is 5.56 Å². The standard InChI is InChI=1S/C24H25ClN6O/c1-24(2)14-31(10-11-32)21-12-16(5-6-18(21)24)29-22-17-13-30(9-7-20(17)27-15-28-22)23-19(25)4-3-8-26-23/h3-6,8,11-12,15H,7,9-10,13-14H2,1-2H3,(H,27,28,29). The van der Waals surface area contributed by atoms with E-state index in [2.05, 4.69) is 62.1 Å². The molecule has 1 N–H and O–H groups in total. The monoisotopic (exact) mass is 448 g/mol. The average molecular weight is 449 g/mol. The first-order valence-corrected chi connectivity index (χ1v) is 11.1. The third kappa shape index (κ3) is 3.66. The van der Waals surface area contributed by atoms with E-state index in [0.717, 1.165) is 60.1 Å². The molecule has 0 atom stereocenters. The van der Waals surface area contributed by atoms with Crippen molar-refractivity contribution in [1.82, 2.24) is 15.0 Å². The molecule has 5 rings (SSSR count). The molecule has 32 heavy (non-hydrogen) atoms. The maximum atomic E-state index is 11.2. The van der Waals surface area contributed by atoms with Crippen molar-refractivity contribution in [3.8, 4) is 0 Å². The van der Waals surface area contributed by atoms with Gasteiger partial charge in [-0.3, -0.25) is 0 Å². The van der Waals surface area contributed by atoms with Crippen LogP contribution in [0.25, 0.3) is 0 Å². The molecule has 0 radical (unpaired) electrons. The summed E-state index contributed by atoms with van der Waals surface area (Å²) in [6.45, 7) is 7.07. The quantitative estimate of drug-likeness (QED) is 0.588. The highest BCUT2D eigenvalue weighted by Crippen LogP contribution is 2.42. The van der Waals surface area contributed by atoms with E-state index < -0.39 is 0 Å². The molecule has 164 valence electrons. The summed E-state index contributed by atoms with van der Waals surface area (Å²) in [5.41, 5.74) is 5.38. The smallest absolute Gasteiger partial charge is 0.147 e. The molecule has 0 amide bonds. The topological polar surface area (TPSA) is 74.2 Å². The Bertz CT molecular complexity index is 1180. The number of carbonyl (C=O) groups is 1. The number of anilines is 4. The van der Waals surface area contributed by atoms with Crippen LogP contribution in [0.5, 0.6) is 0 Å². The van der Waals surface area contributed by atoms with E-state index in [1.807, 2.05) is 12.1 Å². The lowest BCUT2D eigenvalue weighted by Crippen LogP contribution is -2.32. The van der Waals surface area contributed by atoms with E-state index in [9.17, 15) is 4.79 Å². The molecule has 0 fully saturated rings. The lowest BCUT2D eigenvalue weighted by Gasteiger charge is -2.30. The molecule has 0 saturated heterocycles. The van der Waals surface area contributed by atoms with Gasteiger partial charge in [-0.15, -0.1) is 0 Å². The summed E-state index contributed by atoms with van der Waals surface area (Å²) in [6.07, 6.45) is 5.13. The van der Waals surface area contributed by atoms with Crippen LogP contribution in [0, 0.1) is 0 Å². The Balaban J connectivity index is 1.45. The zero-order chi connectivity index (χ0) is 22.3. The van der Waals surface area contributed by atoms with Gasteiger partial charge in [0.2, 0.25) is 0 Å². The van der Waals surface area contributed by atoms with Crippen molar-refractivity contribution in [1.29, 1.82) is 0 Å². The van der Waals surface area contributed by atoms with Crippen molar-refractivity contribution in [3.05, 3.63) is 64.7 Å². The Morgan fingerprint density at radius 3 is 2.91 bits per heavy atom. The van der Waals surface area contributed by atoms with Crippen molar-refractivity contribution < 1.29 is 4.79 Å². The van der Waals surface area contributed by atoms with Crippen LogP contribution in [0.2, 0.25) is 5.02 Å². The molecule has 0 saturated carbocycles. The first kappa shape index (κ1) is 20.7. The maximum Gasteiger partial charge on any atom is 0.147 e. The van der Waals surface area contributed by atoms with Gasteiger partial charge in [0, 0.05) is 54.6 Å². The van der Waals surface area contributed by atoms with Crippen LogP contribution in [0.15, 0.2) is 42.9 Å². The van der Waals surface area contributed by atoms with Gasteiger partial charge in [-0.05, 0) is 29.8 Å². The van der Waals surface area contributed by atoms with Gasteiger partial charge in [-0.2, -0.15) is 0 Å². The first-order valence-electron chi connectivity index (χ1n) is 10.7. The van der Waals surface area contributed by atoms with E-state index in [-0.39, 0.29) is 5.41 Å². The summed E-state index contributed by atoms with van der Waals surface area (Å²) in [6, 6.07) is 10.0. The van der Waals surface area contributed by atoms with Crippen molar-refractivity contribution in [2.75, 3.05) is 34.8 Å². The van der Waals surface area contributed by atoms with Gasteiger partial charge in [0.25, 0.3) is 0 Å². The Kier molecular flexibility index (Phi) is 5.21. The van der Waals surface area contributed by atoms with Gasteiger partial charge in [-0.25, -0.2) is 15.0 Å². The number of nitrogens with one attached hydrogen (secondary N) is 1. The molecule has 0 bridgehead atoms. The second-order valence-electron chi connectivity index (χ2n) is 8.92. The number of fused-ring (bicyclic) bond motifs is 2. The SMILES string of the molecule is CC1(C)CN(CC=O)c2cc(Nc3ncnc4c3CN(c3ncccc3Cl)CC4)ccc21. The molecule has 0 spiro atoms. The zero-order valence-corrected chi connectivity index (χ0v) is 18.9. The van der Waals surface area contributed by atoms with Crippen LogP contribution in [-0.2, 0) is 23.2 Å². The summed E-state index contributed by atoms with van der Waals surface area (Å²) in [5, 5.41) is 4.13. The minimum Gasteiger partial charge on any atom is -0.363 e. The Hall–Kier alpha value is -3.19. The molecule has 2 aromatic heterocycles. The highest BCUT2D eigenvalue weighted by Gasteiger charge is 2.35. The third-order valence-corrected chi connectivity index (χ3v) is 6.55. The van der Waals surface area contributed by atoms with E-state index in [1.54, 1.807) is 12.5 Å². The van der Waals surface area contributed by atoms with Crippen LogP contribution in [0.1, 0.15) is 30.7 Å². The average Bonchev–Trinajstić information content (AvgIpc) is 3.04. The number of nitrogens with zero attached hydrogens (tertiary/aromatic N) is 5. The zero-order valence-electron chi connectivity index (χ0n) is 18.2. The number of pyridine rings is 1. The molecule has 0 aliphatic carbocycles. The molecule has 3 aromatic rings. The van der Waals surface area contributed by atoms with Crippen LogP contribution in [-0.4, -0.2) is 40.9 Å². The fraction of sp³-hybridized carbons (Fsp3) is 0.333. The summed E-state index contributed by atoms with van der Waals surface area (Å²) >= 11 is 6.39. The third-order valence-electron chi connectivity index (χ3n) is 6.25. The number of aldehydes is 1. The molecule has 2 aliphatic heterocycles. The van der Waals surface area contributed by atoms with Gasteiger partial charge in [0.05, 0.1) is 17.3 Å². The molecule has 0 unspecified atom stereocenters. The summed E-state index contributed by atoms with van der Waals surface area (Å²) in [4.78, 5) is 29.0. The lowest BCUT2D eigenvalue weighted by molar-refractivity contribution is -0.106. The molecule has 8 heteroatoms. The van der Waals surface area contributed by atoms with Crippen molar-refractivity contribution in [3.63, 3.8) is 0 Å². The van der Waals surface area contributed by atoms with E-state index in [4.69, 9.17) is 11.6 Å². The second kappa shape index (κ2) is 8.06. The number of aromatic nitrogens is 3. The fourth-order valence-electron chi connectivity index (χ4n) is 4.72. The minimum atomic E-state index is 0.00735. The first-order chi connectivity index (χ1) is 15.5. The Morgan fingerprint density at radius 2 is 2.09 bits per heavy atom. The lowest BCUT2D eigenvalue weighted by atomic mass is 9.87. The van der Waals surface area contributed by atoms with E-state index >= 15 is 0 Å². The molecule has 4 heterocycles. The predicted octanol–water partition coefficient (Wildman–Crippen LogP) is 4.13. The van der Waals surface area contributed by atoms with Crippen LogP contribution < -0.4 is 15.1 Å². The number of halogens is 1. The van der Waals surface area contributed by atoms with Gasteiger partial charge in [-0.1, -0.05) is 31.5 Å². The number of rotatable bonds is 5. The highest BCUT2D eigenvalue weighted by atomic mass is 35.5. The fourth-order valence-corrected chi connectivity index (χ4v) is 4.96. The van der Waals surface area contributed by atoms with Crippen LogP contribution >= 0.6 is 11.6 Å². The van der Waals surface area contributed by atoms with Crippen molar-refractivity contribution >= 4 is 40.9 Å². The summed E-state index contributed by atoms with van der Waals surface area (Å²) < 4.78 is 0. The molecule has 1 aromatic carbocycles. The summed E-state index contributed by atoms with van der Waals surface area (Å²) in [5.74, 6) is 1.56. The largest absolute Gasteiger partial charge is 0.363 e. The highest BCUT2D eigenvalue weighted by molar-refractivity contribution is 6.32. The number of benzene rings is 1. The second-order valence-corrected chi connectivity index (χ2v) is 9.32. The maximum absolute atomic E-state index is 11.2. The Labute approximate surface area is 192 Å². The number of carbonyl (C=O) groups excluding carboxylic acids is 1.